The molecule has 2 amide bonds. The van der Waals surface area contributed by atoms with Crippen LogP contribution in [-0.4, -0.2) is 41.3 Å². The summed E-state index contributed by atoms with van der Waals surface area (Å²) >= 11 is 6.33. The molecule has 0 radical (unpaired) electrons. The van der Waals surface area contributed by atoms with Crippen LogP contribution < -0.4 is 16.0 Å². The molecule has 1 fully saturated rings. The van der Waals surface area contributed by atoms with E-state index in [4.69, 9.17) is 16.3 Å². The Balaban J connectivity index is 1.69. The number of rotatable bonds is 7. The van der Waals surface area contributed by atoms with Gasteiger partial charge in [0.15, 0.2) is 0 Å². The maximum atomic E-state index is 12.8. The summed E-state index contributed by atoms with van der Waals surface area (Å²) in [6.45, 7) is 11.3. The summed E-state index contributed by atoms with van der Waals surface area (Å²) in [6.07, 6.45) is -1.98. The maximum Gasteiger partial charge on any atom is 0.319 e. The largest absolute Gasteiger partial charge is 0.394 e. The van der Waals surface area contributed by atoms with Crippen molar-refractivity contribution in [3.63, 3.8) is 0 Å². The Bertz CT molecular complexity index is 1030. The second kappa shape index (κ2) is 10.1. The molecule has 1 aliphatic rings. The smallest absolute Gasteiger partial charge is 0.319 e. The normalized spacial score (nSPS) is 22.6. The zero-order valence-electron chi connectivity index (χ0n) is 19.4. The summed E-state index contributed by atoms with van der Waals surface area (Å²) in [5.41, 5.74) is 3.40. The number of allylic oxidation sites excluding steroid dienone is 1. The number of hydrogen-bond donors (Lipinski definition) is 5. The predicted molar refractivity (Wildman–Crippen MR) is 132 cm³/mol. The molecule has 8 heteroatoms. The molecule has 7 nitrogen and oxygen atoms in total. The van der Waals surface area contributed by atoms with Crippen LogP contribution in [0.25, 0.3) is 5.57 Å². The number of carbonyl (C=O) groups is 1. The van der Waals surface area contributed by atoms with Gasteiger partial charge in [0.25, 0.3) is 0 Å². The minimum absolute atomic E-state index is 0.256. The van der Waals surface area contributed by atoms with Crippen molar-refractivity contribution in [2.75, 3.05) is 17.2 Å². The minimum atomic E-state index is -0.788. The Morgan fingerprint density at radius 3 is 2.61 bits per heavy atom. The summed E-state index contributed by atoms with van der Waals surface area (Å²) < 4.78 is 5.68. The van der Waals surface area contributed by atoms with Gasteiger partial charge in [-0.3, -0.25) is 0 Å². The van der Waals surface area contributed by atoms with Crippen molar-refractivity contribution in [2.24, 2.45) is 5.92 Å². The van der Waals surface area contributed by atoms with E-state index in [1.807, 2.05) is 52.0 Å². The summed E-state index contributed by atoms with van der Waals surface area (Å²) in [5, 5.41) is 29.0. The number of hydrogen-bond acceptors (Lipinski definition) is 5. The summed E-state index contributed by atoms with van der Waals surface area (Å²) in [4.78, 5) is 12.8. The van der Waals surface area contributed by atoms with E-state index in [1.54, 1.807) is 18.2 Å². The topological polar surface area (TPSA) is 103 Å². The summed E-state index contributed by atoms with van der Waals surface area (Å²) in [5.74, 6) is -0.256. The first-order valence-corrected chi connectivity index (χ1v) is 11.3. The number of nitrogens with one attached hydrogen (secondary N) is 3. The Kier molecular flexibility index (Phi) is 7.69. The molecule has 5 N–H and O–H groups in total. The quantitative estimate of drug-likeness (QED) is 0.406. The third-order valence-corrected chi connectivity index (χ3v) is 6.25. The third-order valence-electron chi connectivity index (χ3n) is 5.92. The van der Waals surface area contributed by atoms with Crippen LogP contribution in [0, 0.1) is 5.92 Å². The zero-order chi connectivity index (χ0) is 24.3. The number of anilines is 2. The molecule has 1 aliphatic heterocycles. The predicted octanol–water partition coefficient (Wildman–Crippen LogP) is 4.56. The van der Waals surface area contributed by atoms with Gasteiger partial charge in [-0.25, -0.2) is 4.79 Å². The van der Waals surface area contributed by atoms with Gasteiger partial charge in [0.05, 0.1) is 29.0 Å². The van der Waals surface area contributed by atoms with Crippen LogP contribution in [0.4, 0.5) is 16.2 Å². The Hall–Kier alpha value is -2.58. The minimum Gasteiger partial charge on any atom is -0.394 e. The number of halogens is 1. The van der Waals surface area contributed by atoms with Gasteiger partial charge in [0, 0.05) is 11.6 Å². The van der Waals surface area contributed by atoms with Crippen molar-refractivity contribution >= 4 is 34.6 Å². The molecule has 0 spiro atoms. The fraction of sp³-hybridized carbons (Fsp3) is 0.400. The van der Waals surface area contributed by atoms with E-state index in [9.17, 15) is 15.0 Å². The Morgan fingerprint density at radius 2 is 1.97 bits per heavy atom. The highest BCUT2D eigenvalue weighted by atomic mass is 35.5. The molecule has 33 heavy (non-hydrogen) atoms. The lowest BCUT2D eigenvalue weighted by Gasteiger charge is -2.27. The molecule has 0 aliphatic carbocycles. The van der Waals surface area contributed by atoms with Gasteiger partial charge in [-0.15, -0.1) is 0 Å². The second-order valence-corrected chi connectivity index (χ2v) is 9.44. The second-order valence-electron chi connectivity index (χ2n) is 9.03. The maximum absolute atomic E-state index is 12.8. The number of urea groups is 1. The van der Waals surface area contributed by atoms with Crippen LogP contribution in [-0.2, 0) is 10.3 Å². The first kappa shape index (κ1) is 25.1. The monoisotopic (exact) mass is 473 g/mol. The van der Waals surface area contributed by atoms with Crippen molar-refractivity contribution < 1.29 is 19.7 Å². The highest BCUT2D eigenvalue weighted by Crippen LogP contribution is 2.32. The molecule has 3 rings (SSSR count). The molecule has 1 heterocycles. The van der Waals surface area contributed by atoms with Gasteiger partial charge in [0.2, 0.25) is 0 Å². The van der Waals surface area contributed by atoms with E-state index in [1.165, 1.54) is 0 Å². The number of aliphatic hydroxyl groups is 2. The van der Waals surface area contributed by atoms with E-state index < -0.39 is 24.0 Å². The Morgan fingerprint density at radius 1 is 1.24 bits per heavy atom. The third kappa shape index (κ3) is 5.86. The van der Waals surface area contributed by atoms with Gasteiger partial charge >= 0.3 is 6.03 Å². The molecule has 2 aromatic carbocycles. The first-order valence-electron chi connectivity index (χ1n) is 10.9. The van der Waals surface area contributed by atoms with Crippen molar-refractivity contribution in [2.45, 2.75) is 51.7 Å². The fourth-order valence-corrected chi connectivity index (χ4v) is 3.96. The van der Waals surface area contributed by atoms with Crippen molar-refractivity contribution in [3.8, 4) is 0 Å². The van der Waals surface area contributed by atoms with Gasteiger partial charge in [-0.2, -0.15) is 0 Å². The lowest BCUT2D eigenvalue weighted by Crippen LogP contribution is -2.43. The molecule has 1 saturated heterocycles. The van der Waals surface area contributed by atoms with Gasteiger partial charge in [-0.05, 0) is 56.2 Å². The van der Waals surface area contributed by atoms with Crippen LogP contribution in [0.2, 0.25) is 5.02 Å². The molecule has 0 aromatic heterocycles. The van der Waals surface area contributed by atoms with Crippen LogP contribution in [0.15, 0.2) is 49.0 Å². The standard InChI is InChI=1S/C25H32ClN3O4/c1-14(2)16-7-6-8-17(11-16)25(4,5)29-24(32)27-18-9-10-19(26)20(12-18)28-23-15(3)22(31)21(13-30)33-23/h6-12,15,21-23,28,30-31H,1,13H2,2-5H3,(H2,27,29,32)/t15-,21?,22-,23?/m1/s1. The molecule has 0 bridgehead atoms. The zero-order valence-corrected chi connectivity index (χ0v) is 20.1. The van der Waals surface area contributed by atoms with E-state index in [0.717, 1.165) is 16.7 Å². The number of carbonyl (C=O) groups excluding carboxylic acids is 1. The summed E-state index contributed by atoms with van der Waals surface area (Å²) in [6, 6.07) is 12.6. The molecule has 2 unspecified atom stereocenters. The van der Waals surface area contributed by atoms with E-state index in [2.05, 4.69) is 22.5 Å². The van der Waals surface area contributed by atoms with E-state index >= 15 is 0 Å². The van der Waals surface area contributed by atoms with Crippen molar-refractivity contribution in [1.29, 1.82) is 0 Å². The highest BCUT2D eigenvalue weighted by Gasteiger charge is 2.40. The number of benzene rings is 2. The van der Waals surface area contributed by atoms with Crippen LogP contribution in [0.1, 0.15) is 38.8 Å². The van der Waals surface area contributed by atoms with E-state index in [-0.39, 0.29) is 18.6 Å². The SMILES string of the molecule is C=C(C)c1cccc(C(C)(C)NC(=O)Nc2ccc(Cl)c(NC3OC(CO)[C@H](O)[C@H]3C)c2)c1. The average Bonchev–Trinajstić information content (AvgIpc) is 3.03. The first-order chi connectivity index (χ1) is 15.5. The van der Waals surface area contributed by atoms with Gasteiger partial charge in [-0.1, -0.05) is 48.9 Å². The summed E-state index contributed by atoms with van der Waals surface area (Å²) in [7, 11) is 0. The van der Waals surface area contributed by atoms with Crippen molar-refractivity contribution in [1.82, 2.24) is 5.32 Å². The number of aliphatic hydroxyl groups excluding tert-OH is 2. The molecule has 0 saturated carbocycles. The highest BCUT2D eigenvalue weighted by molar-refractivity contribution is 6.33. The van der Waals surface area contributed by atoms with Crippen LogP contribution >= 0.6 is 11.6 Å². The van der Waals surface area contributed by atoms with Crippen molar-refractivity contribution in [3.05, 3.63) is 65.2 Å². The lowest BCUT2D eigenvalue weighted by molar-refractivity contribution is -0.0149. The van der Waals surface area contributed by atoms with Crippen LogP contribution in [0.5, 0.6) is 0 Å². The number of amides is 2. The molecule has 4 atom stereocenters. The van der Waals surface area contributed by atoms with Gasteiger partial charge < -0.3 is 30.9 Å². The number of ether oxygens (including phenoxy) is 1. The molecular formula is C25H32ClN3O4. The Labute approximate surface area is 199 Å². The van der Waals surface area contributed by atoms with E-state index in [0.29, 0.717) is 16.4 Å². The van der Waals surface area contributed by atoms with Gasteiger partial charge in [0.1, 0.15) is 12.3 Å². The fourth-order valence-electron chi connectivity index (χ4n) is 3.79. The molecule has 2 aromatic rings. The molecule has 178 valence electrons. The lowest BCUT2D eigenvalue weighted by atomic mass is 9.92. The molecular weight excluding hydrogens is 442 g/mol. The average molecular weight is 474 g/mol. The van der Waals surface area contributed by atoms with Crippen LogP contribution in [0.3, 0.4) is 0 Å².